The first-order valence-corrected chi connectivity index (χ1v) is 2.96. The Morgan fingerprint density at radius 3 is 2.75 bits per heavy atom. The summed E-state index contributed by atoms with van der Waals surface area (Å²) in [6, 6.07) is 0. The largest absolute Gasteiger partial charge is 0.372 e. The van der Waals surface area contributed by atoms with E-state index in [1.165, 1.54) is 0 Å². The van der Waals surface area contributed by atoms with Crippen molar-refractivity contribution in [2.75, 3.05) is 19.6 Å². The molecule has 2 heteroatoms. The molecule has 0 aromatic carbocycles. The van der Waals surface area contributed by atoms with Gasteiger partial charge in [-0.15, -0.1) is 11.6 Å². The molecule has 0 radical (unpaired) electrons. The normalized spacial score (nSPS) is 7.75. The maximum Gasteiger partial charge on any atom is 0.107 e. The minimum absolute atomic E-state index is 0.511. The van der Waals surface area contributed by atoms with Gasteiger partial charge in [0, 0.05) is 19.4 Å². The molecule has 0 saturated heterocycles. The van der Waals surface area contributed by atoms with Gasteiger partial charge in [0.05, 0.1) is 0 Å². The van der Waals surface area contributed by atoms with Crippen molar-refractivity contribution in [3.8, 4) is 11.8 Å². The van der Waals surface area contributed by atoms with Gasteiger partial charge in [0.15, 0.2) is 0 Å². The second kappa shape index (κ2) is 6.81. The van der Waals surface area contributed by atoms with Crippen molar-refractivity contribution in [1.82, 2.24) is 0 Å². The Morgan fingerprint density at radius 2 is 2.25 bits per heavy atom. The highest BCUT2D eigenvalue weighted by atomic mass is 35.5. The van der Waals surface area contributed by atoms with Crippen LogP contribution in [0.1, 0.15) is 6.42 Å². The molecule has 0 aliphatic heterocycles. The molecule has 8 heavy (non-hydrogen) atoms. The van der Waals surface area contributed by atoms with Crippen molar-refractivity contribution in [1.29, 1.82) is 0 Å². The molecule has 0 fully saturated rings. The van der Waals surface area contributed by atoms with Gasteiger partial charge in [0.25, 0.3) is 0 Å². The topological polar surface area (TPSA) is 9.23 Å². The number of rotatable bonds is 2. The molecule has 0 N–H and O–H groups in total. The lowest BCUT2D eigenvalue weighted by molar-refractivity contribution is 0.239. The monoisotopic (exact) mass is 132 g/mol. The molecule has 0 saturated carbocycles. The summed E-state index contributed by atoms with van der Waals surface area (Å²) in [5.74, 6) is 6.22. The molecule has 0 aromatic heterocycles. The van der Waals surface area contributed by atoms with E-state index in [1.54, 1.807) is 7.11 Å². The second-order valence-electron chi connectivity index (χ2n) is 1.23. The standard InChI is InChI=1S/C6H9ClO/c1-8-6-4-2-3-5-7/h3,5-6H2,1H3. The van der Waals surface area contributed by atoms with Gasteiger partial charge in [-0.1, -0.05) is 11.8 Å². The lowest BCUT2D eigenvalue weighted by atomic mass is 10.5. The first-order chi connectivity index (χ1) is 3.91. The third-order valence-corrected chi connectivity index (χ3v) is 0.750. The minimum Gasteiger partial charge on any atom is -0.372 e. The highest BCUT2D eigenvalue weighted by molar-refractivity contribution is 6.17. The Kier molecular flexibility index (Phi) is 6.65. The molecule has 46 valence electrons. The van der Waals surface area contributed by atoms with Gasteiger partial charge < -0.3 is 4.74 Å². The van der Waals surface area contributed by atoms with Crippen LogP contribution in [0.25, 0.3) is 0 Å². The minimum atomic E-state index is 0.511. The highest BCUT2D eigenvalue weighted by Crippen LogP contribution is 1.78. The van der Waals surface area contributed by atoms with E-state index in [0.717, 1.165) is 6.42 Å². The van der Waals surface area contributed by atoms with Gasteiger partial charge in [-0.05, 0) is 0 Å². The molecule has 0 aliphatic rings. The van der Waals surface area contributed by atoms with Crippen molar-refractivity contribution < 1.29 is 4.74 Å². The summed E-state index contributed by atoms with van der Waals surface area (Å²) in [6.45, 7) is 0.511. The van der Waals surface area contributed by atoms with E-state index >= 15 is 0 Å². The van der Waals surface area contributed by atoms with Gasteiger partial charge in [-0.3, -0.25) is 0 Å². The molecule has 0 bridgehead atoms. The van der Waals surface area contributed by atoms with E-state index in [1.807, 2.05) is 0 Å². The van der Waals surface area contributed by atoms with E-state index < -0.39 is 0 Å². The van der Waals surface area contributed by atoms with Crippen LogP contribution in [0, 0.1) is 11.8 Å². The summed E-state index contributed by atoms with van der Waals surface area (Å²) >= 11 is 5.34. The lowest BCUT2D eigenvalue weighted by Gasteiger charge is -1.80. The Hall–Kier alpha value is -0.190. The summed E-state index contributed by atoms with van der Waals surface area (Å²) in [7, 11) is 1.62. The van der Waals surface area contributed by atoms with Gasteiger partial charge in [0.2, 0.25) is 0 Å². The third-order valence-electron chi connectivity index (χ3n) is 0.561. The van der Waals surface area contributed by atoms with Crippen LogP contribution in [-0.2, 0) is 4.74 Å². The number of ether oxygens (including phenoxy) is 1. The molecule has 0 heterocycles. The summed E-state index contributed by atoms with van der Waals surface area (Å²) in [5, 5.41) is 0. The Morgan fingerprint density at radius 1 is 1.50 bits per heavy atom. The van der Waals surface area contributed by atoms with Crippen LogP contribution in [0.2, 0.25) is 0 Å². The zero-order valence-corrected chi connectivity index (χ0v) is 5.66. The van der Waals surface area contributed by atoms with Gasteiger partial charge in [-0.2, -0.15) is 0 Å². The Balaban J connectivity index is 2.95. The molecule has 0 unspecified atom stereocenters. The fourth-order valence-corrected chi connectivity index (χ4v) is 0.353. The number of hydrogen-bond acceptors (Lipinski definition) is 1. The van der Waals surface area contributed by atoms with Crippen LogP contribution < -0.4 is 0 Å². The van der Waals surface area contributed by atoms with Gasteiger partial charge in [0.1, 0.15) is 6.61 Å². The third kappa shape index (κ3) is 5.81. The van der Waals surface area contributed by atoms with Crippen LogP contribution in [0.3, 0.4) is 0 Å². The fourth-order valence-electron chi connectivity index (χ4n) is 0.259. The van der Waals surface area contributed by atoms with Gasteiger partial charge in [-0.25, -0.2) is 0 Å². The number of hydrogen-bond donors (Lipinski definition) is 0. The van der Waals surface area contributed by atoms with E-state index in [2.05, 4.69) is 16.6 Å². The molecule has 0 spiro atoms. The summed E-state index contributed by atoms with van der Waals surface area (Å²) in [4.78, 5) is 0. The van der Waals surface area contributed by atoms with E-state index in [0.29, 0.717) is 12.5 Å². The van der Waals surface area contributed by atoms with Gasteiger partial charge >= 0.3 is 0 Å². The van der Waals surface area contributed by atoms with Crippen molar-refractivity contribution in [2.45, 2.75) is 6.42 Å². The Labute approximate surface area is 55.0 Å². The maximum absolute atomic E-state index is 5.34. The average Bonchev–Trinajstić information content (AvgIpc) is 1.81. The lowest BCUT2D eigenvalue weighted by Crippen LogP contribution is -1.80. The Bertz CT molecular complexity index is 80.4. The van der Waals surface area contributed by atoms with Crippen LogP contribution in [0.15, 0.2) is 0 Å². The van der Waals surface area contributed by atoms with Crippen LogP contribution in [-0.4, -0.2) is 19.6 Å². The molecular weight excluding hydrogens is 124 g/mol. The first kappa shape index (κ1) is 7.81. The van der Waals surface area contributed by atoms with Crippen molar-refractivity contribution in [2.24, 2.45) is 0 Å². The molecule has 1 nitrogen and oxygen atoms in total. The number of halogens is 1. The average molecular weight is 133 g/mol. The molecule has 0 atom stereocenters. The fraction of sp³-hybridized carbons (Fsp3) is 0.667. The maximum atomic E-state index is 5.34. The van der Waals surface area contributed by atoms with Crippen molar-refractivity contribution in [3.63, 3.8) is 0 Å². The smallest absolute Gasteiger partial charge is 0.107 e. The first-order valence-electron chi connectivity index (χ1n) is 2.42. The molecule has 0 amide bonds. The zero-order chi connectivity index (χ0) is 6.24. The predicted octanol–water partition coefficient (Wildman–Crippen LogP) is 1.27. The van der Waals surface area contributed by atoms with Crippen molar-refractivity contribution in [3.05, 3.63) is 0 Å². The van der Waals surface area contributed by atoms with Crippen LogP contribution in [0.5, 0.6) is 0 Å². The highest BCUT2D eigenvalue weighted by Gasteiger charge is 1.70. The molecule has 0 aromatic rings. The van der Waals surface area contributed by atoms with Crippen LogP contribution in [0.4, 0.5) is 0 Å². The van der Waals surface area contributed by atoms with E-state index in [-0.39, 0.29) is 0 Å². The van der Waals surface area contributed by atoms with E-state index in [4.69, 9.17) is 11.6 Å². The molecule has 0 aliphatic carbocycles. The number of alkyl halides is 1. The van der Waals surface area contributed by atoms with Crippen molar-refractivity contribution >= 4 is 11.6 Å². The zero-order valence-electron chi connectivity index (χ0n) is 4.91. The SMILES string of the molecule is COCC#CCCCl. The molecule has 0 rings (SSSR count). The predicted molar refractivity (Wildman–Crippen MR) is 35.0 cm³/mol. The summed E-state index contributed by atoms with van der Waals surface area (Å²) in [5.41, 5.74) is 0. The summed E-state index contributed by atoms with van der Waals surface area (Å²) < 4.78 is 4.67. The van der Waals surface area contributed by atoms with E-state index in [9.17, 15) is 0 Å². The van der Waals surface area contributed by atoms with Crippen LogP contribution >= 0.6 is 11.6 Å². The second-order valence-corrected chi connectivity index (χ2v) is 1.60. The summed E-state index contributed by atoms with van der Waals surface area (Å²) in [6.07, 6.45) is 0.755. The number of methoxy groups -OCH3 is 1. The quantitative estimate of drug-likeness (QED) is 0.406. The molecular formula is C6H9ClO.